The van der Waals surface area contributed by atoms with Crippen LogP contribution in [-0.4, -0.2) is 23.3 Å². The van der Waals surface area contributed by atoms with E-state index in [0.717, 1.165) is 12.3 Å². The van der Waals surface area contributed by atoms with Crippen molar-refractivity contribution < 1.29 is 14.6 Å². The van der Waals surface area contributed by atoms with Crippen LogP contribution in [0.3, 0.4) is 0 Å². The molecule has 2 aliphatic rings. The molecule has 3 rings (SSSR count). The molecule has 1 aromatic rings. The summed E-state index contributed by atoms with van der Waals surface area (Å²) in [5.74, 6) is 1.36. The smallest absolute Gasteiger partial charge is 0.407 e. The molecule has 3 unspecified atom stereocenters. The summed E-state index contributed by atoms with van der Waals surface area (Å²) in [6.07, 6.45) is 2.74. The summed E-state index contributed by atoms with van der Waals surface area (Å²) in [4.78, 5) is 12.0. The van der Waals surface area contributed by atoms with Gasteiger partial charge >= 0.3 is 6.09 Å². The Balaban J connectivity index is 1.53. The first kappa shape index (κ1) is 15.6. The van der Waals surface area contributed by atoms with Crippen LogP contribution in [-0.2, 0) is 4.74 Å². The predicted molar refractivity (Wildman–Crippen MR) is 84.7 cm³/mol. The highest BCUT2D eigenvalue weighted by molar-refractivity contribution is 6.31. The molecule has 0 aromatic heterocycles. The van der Waals surface area contributed by atoms with Crippen molar-refractivity contribution in [2.24, 2.45) is 11.8 Å². The van der Waals surface area contributed by atoms with E-state index in [1.165, 1.54) is 19.3 Å². The van der Waals surface area contributed by atoms with Crippen molar-refractivity contribution in [3.8, 4) is 0 Å². The molecule has 22 heavy (non-hydrogen) atoms. The first-order chi connectivity index (χ1) is 10.5. The van der Waals surface area contributed by atoms with Gasteiger partial charge in [-0.1, -0.05) is 36.2 Å². The summed E-state index contributed by atoms with van der Waals surface area (Å²) >= 11 is 6.06. The van der Waals surface area contributed by atoms with E-state index < -0.39 is 18.3 Å². The number of ether oxygens (including phenoxy) is 1. The Kier molecular flexibility index (Phi) is 4.59. The number of amides is 1. The van der Waals surface area contributed by atoms with Crippen molar-refractivity contribution >= 4 is 17.7 Å². The van der Waals surface area contributed by atoms with Gasteiger partial charge in [0.05, 0.1) is 0 Å². The Bertz CT molecular complexity index is 550. The molecule has 2 aliphatic carbocycles. The van der Waals surface area contributed by atoms with Crippen molar-refractivity contribution in [3.05, 3.63) is 34.9 Å². The number of aliphatic hydroxyl groups excluding tert-OH is 1. The molecule has 2 saturated carbocycles. The Hall–Kier alpha value is -1.26. The molecule has 2 N–H and O–H groups in total. The molecule has 0 radical (unpaired) electrons. The van der Waals surface area contributed by atoms with Crippen molar-refractivity contribution in [2.45, 2.75) is 50.9 Å². The number of carbonyl (C=O) groups excluding carboxylic acids is 1. The molecule has 2 bridgehead atoms. The molecule has 5 atom stereocenters. The minimum Gasteiger partial charge on any atom is -0.443 e. The zero-order valence-corrected chi connectivity index (χ0v) is 13.4. The van der Waals surface area contributed by atoms with Gasteiger partial charge in [0.15, 0.2) is 0 Å². The van der Waals surface area contributed by atoms with Gasteiger partial charge in [-0.2, -0.15) is 0 Å². The lowest BCUT2D eigenvalue weighted by Crippen LogP contribution is -2.40. The highest BCUT2D eigenvalue weighted by atomic mass is 35.5. The maximum atomic E-state index is 12.0. The number of rotatable bonds is 4. The van der Waals surface area contributed by atoms with E-state index >= 15 is 0 Å². The second-order valence-electron chi connectivity index (χ2n) is 6.50. The van der Waals surface area contributed by atoms with Gasteiger partial charge in [0.1, 0.15) is 12.2 Å². The normalized spacial score (nSPS) is 29.1. The first-order valence-electron chi connectivity index (χ1n) is 7.94. The monoisotopic (exact) mass is 323 g/mol. The zero-order chi connectivity index (χ0) is 15.7. The Morgan fingerprint density at radius 1 is 1.36 bits per heavy atom. The van der Waals surface area contributed by atoms with Crippen LogP contribution in [0.15, 0.2) is 24.3 Å². The summed E-state index contributed by atoms with van der Waals surface area (Å²) in [6, 6.07) is 7.28. The molecule has 1 amide bonds. The standard InChI is InChI=1S/C17H22ClNO3/c1-10(16(20)13-4-2-3-5-14(13)18)22-17(21)19-15-9-11-6-7-12(15)8-11/h2-5,10-12,15-16,20H,6-9H2,1H3,(H,19,21)/t10-,11?,12?,15?,16+/m0/s1. The van der Waals surface area contributed by atoms with Gasteiger partial charge < -0.3 is 15.2 Å². The quantitative estimate of drug-likeness (QED) is 0.888. The van der Waals surface area contributed by atoms with E-state index in [9.17, 15) is 9.90 Å². The second-order valence-corrected chi connectivity index (χ2v) is 6.91. The molecule has 4 nitrogen and oxygen atoms in total. The van der Waals surface area contributed by atoms with Crippen molar-refractivity contribution in [2.75, 3.05) is 0 Å². The lowest BCUT2D eigenvalue weighted by Gasteiger charge is -2.25. The fourth-order valence-electron chi connectivity index (χ4n) is 3.81. The van der Waals surface area contributed by atoms with Gasteiger partial charge in [0, 0.05) is 16.6 Å². The van der Waals surface area contributed by atoms with Crippen LogP contribution in [0, 0.1) is 11.8 Å². The number of aliphatic hydroxyl groups is 1. The lowest BCUT2D eigenvalue weighted by atomic mass is 9.96. The van der Waals surface area contributed by atoms with Crippen LogP contribution < -0.4 is 5.32 Å². The van der Waals surface area contributed by atoms with E-state index in [-0.39, 0.29) is 6.04 Å². The number of carbonyl (C=O) groups is 1. The molecule has 2 fully saturated rings. The maximum absolute atomic E-state index is 12.0. The SMILES string of the molecule is C[C@H](OC(=O)NC1CC2CCC1C2)[C@@H](O)c1ccccc1Cl. The number of hydrogen-bond acceptors (Lipinski definition) is 3. The summed E-state index contributed by atoms with van der Waals surface area (Å²) in [7, 11) is 0. The van der Waals surface area contributed by atoms with Crippen LogP contribution >= 0.6 is 11.6 Å². The number of nitrogens with one attached hydrogen (secondary N) is 1. The van der Waals surface area contributed by atoms with Gasteiger partial charge in [-0.05, 0) is 44.1 Å². The molecule has 1 aromatic carbocycles. The second kappa shape index (κ2) is 6.47. The van der Waals surface area contributed by atoms with Gasteiger partial charge in [0.2, 0.25) is 0 Å². The van der Waals surface area contributed by atoms with E-state index in [1.54, 1.807) is 31.2 Å². The summed E-state index contributed by atoms with van der Waals surface area (Å²) in [5, 5.41) is 13.7. The molecular formula is C17H22ClNO3. The van der Waals surface area contributed by atoms with E-state index in [0.29, 0.717) is 16.5 Å². The van der Waals surface area contributed by atoms with E-state index in [2.05, 4.69) is 5.32 Å². The number of halogens is 1. The van der Waals surface area contributed by atoms with Crippen molar-refractivity contribution in [3.63, 3.8) is 0 Å². The molecule has 0 spiro atoms. The molecule has 0 saturated heterocycles. The lowest BCUT2D eigenvalue weighted by molar-refractivity contribution is 0.0100. The Labute approximate surface area is 135 Å². The van der Waals surface area contributed by atoms with Gasteiger partial charge in [-0.15, -0.1) is 0 Å². The third-order valence-corrected chi connectivity index (χ3v) is 5.35. The number of hydrogen-bond donors (Lipinski definition) is 2. The summed E-state index contributed by atoms with van der Waals surface area (Å²) in [5.41, 5.74) is 0.574. The minimum atomic E-state index is -0.931. The molecule has 0 aliphatic heterocycles. The number of benzene rings is 1. The van der Waals surface area contributed by atoms with Crippen LogP contribution in [0.25, 0.3) is 0 Å². The minimum absolute atomic E-state index is 0.232. The van der Waals surface area contributed by atoms with E-state index in [1.807, 2.05) is 0 Å². The van der Waals surface area contributed by atoms with Crippen LogP contribution in [0.5, 0.6) is 0 Å². The highest BCUT2D eigenvalue weighted by Gasteiger charge is 2.40. The van der Waals surface area contributed by atoms with Crippen LogP contribution in [0.2, 0.25) is 5.02 Å². The third-order valence-electron chi connectivity index (χ3n) is 5.00. The number of fused-ring (bicyclic) bond motifs is 2. The van der Waals surface area contributed by atoms with E-state index in [4.69, 9.17) is 16.3 Å². The van der Waals surface area contributed by atoms with Gasteiger partial charge in [-0.3, -0.25) is 0 Å². The summed E-state index contributed by atoms with van der Waals surface area (Å²) < 4.78 is 5.33. The Morgan fingerprint density at radius 3 is 2.77 bits per heavy atom. The van der Waals surface area contributed by atoms with Crippen LogP contribution in [0.4, 0.5) is 4.79 Å². The maximum Gasteiger partial charge on any atom is 0.407 e. The highest BCUT2D eigenvalue weighted by Crippen LogP contribution is 2.44. The summed E-state index contributed by atoms with van der Waals surface area (Å²) in [6.45, 7) is 1.67. The average Bonchev–Trinajstić information content (AvgIpc) is 3.09. The zero-order valence-electron chi connectivity index (χ0n) is 12.7. The first-order valence-corrected chi connectivity index (χ1v) is 8.32. The fourth-order valence-corrected chi connectivity index (χ4v) is 4.06. The largest absolute Gasteiger partial charge is 0.443 e. The van der Waals surface area contributed by atoms with Crippen LogP contribution in [0.1, 0.15) is 44.3 Å². The third kappa shape index (κ3) is 3.23. The van der Waals surface area contributed by atoms with Crippen molar-refractivity contribution in [1.82, 2.24) is 5.32 Å². The van der Waals surface area contributed by atoms with Gasteiger partial charge in [0.25, 0.3) is 0 Å². The Morgan fingerprint density at radius 2 is 2.14 bits per heavy atom. The topological polar surface area (TPSA) is 58.6 Å². The van der Waals surface area contributed by atoms with Crippen molar-refractivity contribution in [1.29, 1.82) is 0 Å². The molecule has 0 heterocycles. The predicted octanol–water partition coefficient (Wildman–Crippen LogP) is 3.68. The van der Waals surface area contributed by atoms with Gasteiger partial charge in [-0.25, -0.2) is 4.79 Å². The molecule has 5 heteroatoms. The average molecular weight is 324 g/mol. The molecule has 120 valence electrons. The number of alkyl carbamates (subject to hydrolysis) is 1. The fraction of sp³-hybridized carbons (Fsp3) is 0.588. The molecular weight excluding hydrogens is 302 g/mol.